The van der Waals surface area contributed by atoms with Crippen LogP contribution in [-0.2, 0) is 4.84 Å². The minimum absolute atomic E-state index is 0.134. The first-order valence-electron chi connectivity index (χ1n) is 6.78. The van der Waals surface area contributed by atoms with E-state index in [1.807, 2.05) is 0 Å². The van der Waals surface area contributed by atoms with Gasteiger partial charge in [-0.3, -0.25) is 9.74 Å². The number of rotatable bonds is 0. The van der Waals surface area contributed by atoms with Crippen LogP contribution < -0.4 is 0 Å². The Balaban J connectivity index is 1.86. The second-order valence-electron chi connectivity index (χ2n) is 7.82. The predicted molar refractivity (Wildman–Crippen MR) is 70.8 cm³/mol. The molecule has 3 nitrogen and oxygen atoms in total. The van der Waals surface area contributed by atoms with Gasteiger partial charge >= 0.3 is 0 Å². The van der Waals surface area contributed by atoms with Crippen LogP contribution in [0.1, 0.15) is 48.0 Å². The maximum absolute atomic E-state index is 5.97. The van der Waals surface area contributed by atoms with E-state index in [9.17, 15) is 0 Å². The quantitative estimate of drug-likeness (QED) is 0.647. The smallest absolute Gasteiger partial charge is 0.0766 e. The van der Waals surface area contributed by atoms with Gasteiger partial charge in [0, 0.05) is 36.1 Å². The van der Waals surface area contributed by atoms with E-state index < -0.39 is 0 Å². The summed E-state index contributed by atoms with van der Waals surface area (Å²) in [7, 11) is 0. The lowest BCUT2D eigenvalue weighted by atomic mass is 9.74. The van der Waals surface area contributed by atoms with Crippen molar-refractivity contribution >= 4 is 0 Å². The highest BCUT2D eigenvalue weighted by molar-refractivity contribution is 5.01. The van der Waals surface area contributed by atoms with Crippen LogP contribution in [0.2, 0.25) is 0 Å². The molecule has 2 fully saturated rings. The van der Waals surface area contributed by atoms with Crippen molar-refractivity contribution in [3.05, 3.63) is 0 Å². The van der Waals surface area contributed by atoms with E-state index in [4.69, 9.17) is 4.84 Å². The van der Waals surface area contributed by atoms with E-state index in [2.05, 4.69) is 51.5 Å². The van der Waals surface area contributed by atoms with Gasteiger partial charge in [-0.05, 0) is 48.0 Å². The largest absolute Gasteiger partial charge is 0.298 e. The third-order valence-electron chi connectivity index (χ3n) is 4.12. The minimum atomic E-state index is 0.134. The number of hydroxylamine groups is 2. The minimum Gasteiger partial charge on any atom is -0.298 e. The van der Waals surface area contributed by atoms with Crippen LogP contribution in [0.5, 0.6) is 0 Å². The molecule has 0 amide bonds. The summed E-state index contributed by atoms with van der Waals surface area (Å²) in [5, 5.41) is 2.15. The molecule has 1 spiro atoms. The molecule has 0 bridgehead atoms. The monoisotopic (exact) mass is 240 g/mol. The lowest BCUT2D eigenvalue weighted by molar-refractivity contribution is -0.282. The maximum atomic E-state index is 5.97. The molecule has 0 atom stereocenters. The summed E-state index contributed by atoms with van der Waals surface area (Å²) < 4.78 is 0. The molecule has 0 radical (unpaired) electrons. The van der Waals surface area contributed by atoms with Gasteiger partial charge in [0.25, 0.3) is 0 Å². The van der Waals surface area contributed by atoms with Gasteiger partial charge in [0.15, 0.2) is 0 Å². The predicted octanol–water partition coefficient (Wildman–Crippen LogP) is 2.52. The van der Waals surface area contributed by atoms with Crippen molar-refractivity contribution in [2.75, 3.05) is 26.2 Å². The number of hydrogen-bond donors (Lipinski definition) is 0. The average molecular weight is 240 g/mol. The van der Waals surface area contributed by atoms with Crippen LogP contribution in [0.25, 0.3) is 0 Å². The average Bonchev–Trinajstić information content (AvgIpc) is 2.11. The van der Waals surface area contributed by atoms with E-state index >= 15 is 0 Å². The molecule has 0 aromatic heterocycles. The Morgan fingerprint density at radius 2 is 1.53 bits per heavy atom. The van der Waals surface area contributed by atoms with Crippen molar-refractivity contribution in [1.29, 1.82) is 0 Å². The molecule has 100 valence electrons. The number of likely N-dealkylation sites (tertiary alicyclic amines) is 1. The van der Waals surface area contributed by atoms with Crippen LogP contribution in [0, 0.1) is 5.41 Å². The molecule has 2 saturated heterocycles. The fourth-order valence-corrected chi connectivity index (χ4v) is 2.71. The van der Waals surface area contributed by atoms with Crippen LogP contribution in [0.15, 0.2) is 0 Å². The summed E-state index contributed by atoms with van der Waals surface area (Å²) >= 11 is 0. The maximum Gasteiger partial charge on any atom is 0.0766 e. The Bertz CT molecular complexity index is 272. The zero-order valence-electron chi connectivity index (χ0n) is 12.3. The van der Waals surface area contributed by atoms with E-state index in [-0.39, 0.29) is 5.54 Å². The Morgan fingerprint density at radius 1 is 0.941 bits per heavy atom. The van der Waals surface area contributed by atoms with Gasteiger partial charge in [0.05, 0.1) is 6.61 Å². The lowest BCUT2D eigenvalue weighted by Gasteiger charge is -2.58. The lowest BCUT2D eigenvalue weighted by Crippen LogP contribution is -2.67. The molecule has 0 aromatic rings. The SMILES string of the molecule is CC(C)(C)N1CC2(CCN(C(C)(C)C)OC2)C1. The summed E-state index contributed by atoms with van der Waals surface area (Å²) in [6.45, 7) is 17.9. The Labute approximate surface area is 106 Å². The molecule has 3 heteroatoms. The topological polar surface area (TPSA) is 15.7 Å². The summed E-state index contributed by atoms with van der Waals surface area (Å²) in [6, 6.07) is 0. The zero-order chi connectivity index (χ0) is 12.9. The van der Waals surface area contributed by atoms with Gasteiger partial charge in [0.2, 0.25) is 0 Å². The summed E-state index contributed by atoms with van der Waals surface area (Å²) in [6.07, 6.45) is 1.27. The third-order valence-corrected chi connectivity index (χ3v) is 4.12. The second kappa shape index (κ2) is 3.94. The van der Waals surface area contributed by atoms with Gasteiger partial charge in [-0.2, -0.15) is 5.06 Å². The normalized spacial score (nSPS) is 27.2. The fourth-order valence-electron chi connectivity index (χ4n) is 2.71. The molecule has 17 heavy (non-hydrogen) atoms. The van der Waals surface area contributed by atoms with E-state index in [0.29, 0.717) is 11.0 Å². The van der Waals surface area contributed by atoms with Gasteiger partial charge in [-0.1, -0.05) is 0 Å². The fraction of sp³-hybridized carbons (Fsp3) is 1.00. The first-order chi connectivity index (χ1) is 7.62. The Hall–Kier alpha value is -0.120. The van der Waals surface area contributed by atoms with Crippen molar-refractivity contribution in [1.82, 2.24) is 9.96 Å². The molecule has 0 aromatic carbocycles. The molecule has 0 unspecified atom stereocenters. The summed E-state index contributed by atoms with van der Waals surface area (Å²) in [5.41, 5.74) is 0.885. The first kappa shape index (κ1) is 13.3. The molecule has 2 heterocycles. The highest BCUT2D eigenvalue weighted by atomic mass is 16.7. The highest BCUT2D eigenvalue weighted by Crippen LogP contribution is 2.41. The standard InChI is InChI=1S/C14H28N2O/c1-12(2,3)15-9-14(10-15)7-8-16(17-11-14)13(4,5)6/h7-11H2,1-6H3. The van der Waals surface area contributed by atoms with Crippen molar-refractivity contribution in [2.45, 2.75) is 59.0 Å². The van der Waals surface area contributed by atoms with Crippen molar-refractivity contribution < 1.29 is 4.84 Å². The molecule has 0 N–H and O–H groups in total. The molecular weight excluding hydrogens is 212 g/mol. The third kappa shape index (κ3) is 2.67. The van der Waals surface area contributed by atoms with Gasteiger partial charge in [-0.15, -0.1) is 0 Å². The summed E-state index contributed by atoms with van der Waals surface area (Å²) in [4.78, 5) is 8.53. The van der Waals surface area contributed by atoms with Gasteiger partial charge in [-0.25, -0.2) is 0 Å². The molecule has 2 aliphatic heterocycles. The van der Waals surface area contributed by atoms with E-state index in [1.54, 1.807) is 0 Å². The van der Waals surface area contributed by atoms with Crippen molar-refractivity contribution in [3.8, 4) is 0 Å². The molecule has 0 aliphatic carbocycles. The van der Waals surface area contributed by atoms with Crippen LogP contribution in [0.3, 0.4) is 0 Å². The molecule has 2 rings (SSSR count). The molecule has 2 aliphatic rings. The van der Waals surface area contributed by atoms with Gasteiger partial charge < -0.3 is 0 Å². The van der Waals surface area contributed by atoms with Crippen LogP contribution in [0.4, 0.5) is 0 Å². The first-order valence-corrected chi connectivity index (χ1v) is 6.78. The zero-order valence-corrected chi connectivity index (χ0v) is 12.3. The molecule has 0 saturated carbocycles. The summed E-state index contributed by atoms with van der Waals surface area (Å²) in [5.74, 6) is 0. The Morgan fingerprint density at radius 3 is 1.88 bits per heavy atom. The number of hydrogen-bond acceptors (Lipinski definition) is 3. The van der Waals surface area contributed by atoms with E-state index in [1.165, 1.54) is 19.5 Å². The van der Waals surface area contributed by atoms with Crippen LogP contribution in [-0.4, -0.2) is 47.3 Å². The molecular formula is C14H28N2O. The van der Waals surface area contributed by atoms with Crippen molar-refractivity contribution in [3.63, 3.8) is 0 Å². The van der Waals surface area contributed by atoms with Gasteiger partial charge in [0.1, 0.15) is 0 Å². The second-order valence-corrected chi connectivity index (χ2v) is 7.82. The van der Waals surface area contributed by atoms with Crippen molar-refractivity contribution in [2.24, 2.45) is 5.41 Å². The number of nitrogens with zero attached hydrogens (tertiary/aromatic N) is 2. The van der Waals surface area contributed by atoms with Crippen LogP contribution >= 0.6 is 0 Å². The highest BCUT2D eigenvalue weighted by Gasteiger charge is 2.49. The van der Waals surface area contributed by atoms with E-state index in [0.717, 1.165) is 13.2 Å². The Kier molecular flexibility index (Phi) is 3.08.